The average Bonchev–Trinajstić information content (AvgIpc) is 3.28. The van der Waals surface area contributed by atoms with Gasteiger partial charge in [-0.1, -0.05) is 101 Å². The maximum atomic E-state index is 12.6. The number of rotatable bonds is 10. The van der Waals surface area contributed by atoms with Gasteiger partial charge in [-0.3, -0.25) is 0 Å². The van der Waals surface area contributed by atoms with Crippen molar-refractivity contribution in [2.75, 3.05) is 19.8 Å². The summed E-state index contributed by atoms with van der Waals surface area (Å²) in [6, 6.07) is 22.5. The molecule has 238 valence electrons. The number of ether oxygens (including phenoxy) is 3. The van der Waals surface area contributed by atoms with Gasteiger partial charge in [0.25, 0.3) is 0 Å². The van der Waals surface area contributed by atoms with Crippen molar-refractivity contribution < 1.29 is 68.2 Å². The van der Waals surface area contributed by atoms with Gasteiger partial charge in [0, 0.05) is 5.41 Å². The molecule has 0 fully saturated rings. The zero-order valence-electron chi connectivity index (χ0n) is 27.0. The molecule has 3 aromatic rings. The maximum Gasteiger partial charge on any atom is 3.00 e. The summed E-state index contributed by atoms with van der Waals surface area (Å²) in [4.78, 5) is 0. The van der Waals surface area contributed by atoms with Crippen molar-refractivity contribution in [3.05, 3.63) is 105 Å². The second kappa shape index (κ2) is 21.7. The molecule has 0 spiro atoms. The van der Waals surface area contributed by atoms with Gasteiger partial charge in [0.2, 0.25) is 0 Å². The van der Waals surface area contributed by atoms with E-state index in [1.165, 1.54) is 5.56 Å². The fraction of sp³-hybridized carbons (Fsp3) is 0.444. The number of benzene rings is 3. The molecule has 6 nitrogen and oxygen atoms in total. The van der Waals surface area contributed by atoms with Crippen LogP contribution in [0.2, 0.25) is 0 Å². The molecule has 3 aromatic carbocycles. The van der Waals surface area contributed by atoms with Crippen molar-refractivity contribution in [1.82, 2.24) is 0 Å². The van der Waals surface area contributed by atoms with Crippen LogP contribution in [0, 0.1) is 12.3 Å². The van der Waals surface area contributed by atoms with E-state index in [2.05, 4.69) is 36.9 Å². The second-order valence-corrected chi connectivity index (χ2v) is 11.3. The number of aryl methyl sites for hydroxylation is 1. The Kier molecular flexibility index (Phi) is 20.7. The molecule has 8 heteroatoms. The third-order valence-electron chi connectivity index (χ3n) is 6.48. The Hall–Kier alpha value is -1.97. The summed E-state index contributed by atoms with van der Waals surface area (Å²) in [5.41, 5.74) is 5.35. The number of hydrogen-bond acceptors (Lipinski definition) is 5. The summed E-state index contributed by atoms with van der Waals surface area (Å²) in [7, 11) is 0. The van der Waals surface area contributed by atoms with Gasteiger partial charge in [0.05, 0.1) is 38.3 Å². The van der Waals surface area contributed by atoms with Gasteiger partial charge in [0.1, 0.15) is 0 Å². The molecule has 0 N–H and O–H groups in total. The molecule has 1 aliphatic carbocycles. The van der Waals surface area contributed by atoms with E-state index < -0.39 is 12.2 Å². The Morgan fingerprint density at radius 2 is 1.30 bits per heavy atom. The molecule has 0 atom stereocenters. The predicted octanol–water partition coefficient (Wildman–Crippen LogP) is 0.968. The Balaban J connectivity index is 0.00000166. The topological polar surface area (TPSA) is 93.7 Å². The monoisotopic (exact) mass is 702 g/mol. The van der Waals surface area contributed by atoms with Crippen LogP contribution in [0.3, 0.4) is 0 Å². The van der Waals surface area contributed by atoms with Gasteiger partial charge in [0.15, 0.2) is 0 Å². The zero-order valence-corrected chi connectivity index (χ0v) is 30.1. The molecule has 0 saturated carbocycles. The van der Waals surface area contributed by atoms with Crippen molar-refractivity contribution in [2.24, 2.45) is 5.41 Å². The molecule has 0 heterocycles. The van der Waals surface area contributed by atoms with Crippen LogP contribution in [0.25, 0.3) is 12.5 Å². The van der Waals surface area contributed by atoms with Gasteiger partial charge in [-0.2, -0.15) is 0 Å². The van der Waals surface area contributed by atoms with Crippen LogP contribution in [0.4, 0.5) is 0 Å². The standard InChI is InChI=1S/C30H33O4.2C3H7O.BrH.Ti/c1-4-34-29(31)28-22(2)15-26-16-30(17-27(26)23(28)3,20-32-18-24-11-7-5-8-12-24)21-33-19-25-13-9-6-10-14-25;2*1-3(2)4;;/h5-15H,3-4,16-21H2,1-2H3;2*3H,1-2H3;1H;/q;2*-1;;+3/p-1. The Labute approximate surface area is 289 Å². The van der Waals surface area contributed by atoms with E-state index in [1.54, 1.807) is 27.7 Å². The van der Waals surface area contributed by atoms with Gasteiger partial charge in [-0.15, -0.1) is 12.2 Å². The molecule has 44 heavy (non-hydrogen) atoms. The molecule has 2 radical (unpaired) electrons. The summed E-state index contributed by atoms with van der Waals surface area (Å²) in [5, 5.41) is 33.0. The molecule has 0 amide bonds. The largest absolute Gasteiger partial charge is 3.00 e. The van der Waals surface area contributed by atoms with Crippen LogP contribution in [-0.2, 0) is 67.1 Å². The van der Waals surface area contributed by atoms with Crippen molar-refractivity contribution in [3.8, 4) is 0 Å². The van der Waals surface area contributed by atoms with Gasteiger partial charge < -0.3 is 41.4 Å². The third kappa shape index (κ3) is 14.4. The first kappa shape index (κ1) is 42.0. The summed E-state index contributed by atoms with van der Waals surface area (Å²) in [5.74, 6) is -0.300. The number of hydrogen-bond donors (Lipinski definition) is 0. The van der Waals surface area contributed by atoms with Crippen molar-refractivity contribution in [1.29, 1.82) is 0 Å². The minimum atomic E-state index is -0.417. The van der Waals surface area contributed by atoms with Crippen molar-refractivity contribution in [3.63, 3.8) is 0 Å². The summed E-state index contributed by atoms with van der Waals surface area (Å²) < 4.78 is 17.8. The average molecular weight is 704 g/mol. The Bertz CT molecular complexity index is 1260. The minimum Gasteiger partial charge on any atom is -1.00 e. The van der Waals surface area contributed by atoms with E-state index in [0.29, 0.717) is 38.3 Å². The first-order chi connectivity index (χ1) is 20.0. The number of fused-ring (bicyclic) bond motifs is 1. The van der Waals surface area contributed by atoms with Gasteiger partial charge in [-0.05, 0) is 59.7 Å². The van der Waals surface area contributed by atoms with Crippen LogP contribution in [-0.4, -0.2) is 32.0 Å². The zero-order chi connectivity index (χ0) is 31.1. The molecular weight excluding hydrogens is 656 g/mol. The smallest absolute Gasteiger partial charge is 1.00 e. The Morgan fingerprint density at radius 3 is 1.70 bits per heavy atom. The number of halogens is 1. The van der Waals surface area contributed by atoms with E-state index in [4.69, 9.17) is 14.2 Å². The minimum absolute atomic E-state index is 0. The fourth-order valence-corrected chi connectivity index (χ4v) is 4.88. The summed E-state index contributed by atoms with van der Waals surface area (Å²) in [6.07, 6.45) is 0.760. The molecule has 0 bridgehead atoms. The summed E-state index contributed by atoms with van der Waals surface area (Å²) >= 11 is 0. The van der Waals surface area contributed by atoms with E-state index in [0.717, 1.165) is 40.3 Å². The van der Waals surface area contributed by atoms with Crippen LogP contribution in [0.1, 0.15) is 62.4 Å². The molecule has 0 unspecified atom stereocenters. The Morgan fingerprint density at radius 1 is 0.864 bits per heavy atom. The van der Waals surface area contributed by atoms with Crippen LogP contribution in [0.5, 0.6) is 0 Å². The molecule has 4 rings (SSSR count). The van der Waals surface area contributed by atoms with E-state index in [1.807, 2.05) is 50.2 Å². The summed E-state index contributed by atoms with van der Waals surface area (Å²) in [6.45, 7) is 17.1. The van der Waals surface area contributed by atoms with Gasteiger partial charge >= 0.3 is 27.7 Å². The maximum absolute atomic E-state index is 12.6. The second-order valence-electron chi connectivity index (χ2n) is 11.3. The van der Waals surface area contributed by atoms with Crippen molar-refractivity contribution >= 4 is 12.5 Å². The van der Waals surface area contributed by atoms with Gasteiger partial charge in [-0.25, -0.2) is 5.11 Å². The SMILES string of the molecule is C=c1c2c(cc(C)c1=C([O])OCC)CC(COCc1ccccc1)(COCc1ccccc1)C2.CC(C)[O-].CC(C)[O-].[Br-].[Ti+3]. The van der Waals surface area contributed by atoms with E-state index in [9.17, 15) is 15.3 Å². The van der Waals surface area contributed by atoms with Crippen LogP contribution < -0.4 is 37.6 Å². The predicted molar refractivity (Wildman–Crippen MR) is 164 cm³/mol. The molecule has 0 aromatic heterocycles. The molecule has 0 saturated heterocycles. The first-order valence-electron chi connectivity index (χ1n) is 14.7. The molecule has 0 aliphatic heterocycles. The van der Waals surface area contributed by atoms with Crippen molar-refractivity contribution in [2.45, 2.75) is 79.8 Å². The fourth-order valence-electron chi connectivity index (χ4n) is 4.88. The molecular formula is C36H47BrO6Ti. The first-order valence-corrected chi connectivity index (χ1v) is 14.7. The molecule has 1 aliphatic rings. The quantitative estimate of drug-likeness (QED) is 0.294. The van der Waals surface area contributed by atoms with Crippen LogP contribution >= 0.6 is 0 Å². The third-order valence-corrected chi connectivity index (χ3v) is 6.48. The van der Waals surface area contributed by atoms with E-state index >= 15 is 0 Å². The normalized spacial score (nSPS) is 13.3. The van der Waals surface area contributed by atoms with E-state index in [-0.39, 0.29) is 50.1 Å². The van der Waals surface area contributed by atoms with Crippen LogP contribution in [0.15, 0.2) is 66.7 Å².